The predicted molar refractivity (Wildman–Crippen MR) is 126 cm³/mol. The van der Waals surface area contributed by atoms with Crippen molar-refractivity contribution in [2.75, 3.05) is 6.61 Å². The number of esters is 1. The molecule has 4 aliphatic carbocycles. The van der Waals surface area contributed by atoms with E-state index in [2.05, 4.69) is 27.7 Å². The lowest BCUT2D eigenvalue weighted by molar-refractivity contribution is -0.155. The van der Waals surface area contributed by atoms with Crippen LogP contribution in [0.25, 0.3) is 0 Å². The van der Waals surface area contributed by atoms with Crippen LogP contribution in [0.5, 0.6) is 0 Å². The van der Waals surface area contributed by atoms with Crippen molar-refractivity contribution in [3.8, 4) is 0 Å². The lowest BCUT2D eigenvalue weighted by Gasteiger charge is -2.61. The molecule has 0 aromatic rings. The van der Waals surface area contributed by atoms with Gasteiger partial charge in [0.1, 0.15) is 5.78 Å². The molecule has 0 spiro atoms. The third-order valence-electron chi connectivity index (χ3n) is 11.1. The van der Waals surface area contributed by atoms with Crippen molar-refractivity contribution in [1.29, 1.82) is 0 Å². The van der Waals surface area contributed by atoms with E-state index in [0.29, 0.717) is 48.4 Å². The van der Waals surface area contributed by atoms with Crippen molar-refractivity contribution >= 4 is 11.8 Å². The Kier molecular flexibility index (Phi) is 6.59. The number of carbonyl (C=O) groups excluding carboxylic acids is 2. The first-order valence-electron chi connectivity index (χ1n) is 13.4. The van der Waals surface area contributed by atoms with Crippen molar-refractivity contribution in [3.05, 3.63) is 0 Å². The van der Waals surface area contributed by atoms with Gasteiger partial charge < -0.3 is 9.84 Å². The third-order valence-corrected chi connectivity index (χ3v) is 11.1. The maximum absolute atomic E-state index is 12.3. The van der Waals surface area contributed by atoms with Gasteiger partial charge in [-0.25, -0.2) is 0 Å². The summed E-state index contributed by atoms with van der Waals surface area (Å²) in [6.07, 6.45) is 10.5. The Hall–Kier alpha value is -0.900. The molecule has 32 heavy (non-hydrogen) atoms. The van der Waals surface area contributed by atoms with Crippen LogP contribution in [0.3, 0.4) is 0 Å². The van der Waals surface area contributed by atoms with Gasteiger partial charge in [0.25, 0.3) is 0 Å². The quantitative estimate of drug-likeness (QED) is 0.405. The number of carbonyl (C=O) groups is 2. The molecule has 4 fully saturated rings. The molecule has 0 heterocycles. The third kappa shape index (κ3) is 3.77. The summed E-state index contributed by atoms with van der Waals surface area (Å²) in [6, 6.07) is 0. The van der Waals surface area contributed by atoms with Crippen LogP contribution >= 0.6 is 0 Å². The molecule has 4 nitrogen and oxygen atoms in total. The minimum absolute atomic E-state index is 0.0154. The summed E-state index contributed by atoms with van der Waals surface area (Å²) in [4.78, 5) is 23.7. The molecule has 0 radical (unpaired) electrons. The number of hydrogen-bond donors (Lipinski definition) is 1. The average molecular weight is 447 g/mol. The number of hydrogen-bond acceptors (Lipinski definition) is 4. The van der Waals surface area contributed by atoms with Gasteiger partial charge in [0, 0.05) is 19.3 Å². The van der Waals surface area contributed by atoms with Crippen LogP contribution in [0, 0.1) is 45.8 Å². The fraction of sp³-hybridized carbons (Fsp3) is 0.929. The highest BCUT2D eigenvalue weighted by molar-refractivity contribution is 5.80. The normalized spacial score (nSPS) is 48.0. The molecular formula is C28H46O4. The Morgan fingerprint density at radius 1 is 1.09 bits per heavy atom. The van der Waals surface area contributed by atoms with Gasteiger partial charge in [0.05, 0.1) is 12.7 Å². The van der Waals surface area contributed by atoms with Crippen LogP contribution in [0.15, 0.2) is 0 Å². The second kappa shape index (κ2) is 8.71. The first-order valence-corrected chi connectivity index (χ1v) is 13.4. The molecule has 0 aliphatic heterocycles. The van der Waals surface area contributed by atoms with Crippen LogP contribution in [-0.4, -0.2) is 29.6 Å². The summed E-state index contributed by atoms with van der Waals surface area (Å²) in [6.45, 7) is 11.8. The largest absolute Gasteiger partial charge is 0.466 e. The van der Waals surface area contributed by atoms with E-state index in [-0.39, 0.29) is 28.3 Å². The first-order chi connectivity index (χ1) is 15.1. The molecule has 0 aromatic heterocycles. The zero-order valence-corrected chi connectivity index (χ0v) is 21.1. The monoisotopic (exact) mass is 446 g/mol. The van der Waals surface area contributed by atoms with Crippen molar-refractivity contribution in [2.45, 2.75) is 111 Å². The van der Waals surface area contributed by atoms with Gasteiger partial charge in [0.15, 0.2) is 0 Å². The fourth-order valence-electron chi connectivity index (χ4n) is 9.12. The van der Waals surface area contributed by atoms with Crippen LogP contribution in [0.2, 0.25) is 0 Å². The smallest absolute Gasteiger partial charge is 0.305 e. The molecule has 0 saturated heterocycles. The number of Topliss-reactive ketones (excluding diaryl/α,β-unsaturated/α-hetero) is 1. The molecule has 9 atom stereocenters. The van der Waals surface area contributed by atoms with Gasteiger partial charge in [-0.15, -0.1) is 0 Å². The second-order valence-electron chi connectivity index (χ2n) is 12.7. The highest BCUT2D eigenvalue weighted by Gasteiger charge is 2.65. The van der Waals surface area contributed by atoms with Crippen LogP contribution in [0.4, 0.5) is 0 Å². The fourth-order valence-corrected chi connectivity index (χ4v) is 9.12. The van der Waals surface area contributed by atoms with Crippen molar-refractivity contribution in [3.63, 3.8) is 0 Å². The summed E-state index contributed by atoms with van der Waals surface area (Å²) in [5, 5.41) is 11.6. The molecule has 4 saturated carbocycles. The Labute approximate surface area is 195 Å². The lowest BCUT2D eigenvalue weighted by atomic mass is 9.43. The minimum Gasteiger partial charge on any atom is -0.466 e. The summed E-state index contributed by atoms with van der Waals surface area (Å²) in [5.41, 5.74) is 0.252. The minimum atomic E-state index is -0.255. The molecule has 182 valence electrons. The standard InChI is InChI=1S/C28H46O4/c1-6-24(30)32-14-8-7-12-26(3)17-23-21-10-9-19-16-20(29)15-18(2)28(19,5)22(21)11-13-27(23,4)25(26)31/h18-19,21-23,25,31H,6-17H2,1-5H3/t18-,19-,21+,22-,23-,25-,26-,27-,28-/m0/s1. The number of rotatable bonds is 6. The van der Waals surface area contributed by atoms with E-state index < -0.39 is 0 Å². The van der Waals surface area contributed by atoms with E-state index in [9.17, 15) is 14.7 Å². The maximum atomic E-state index is 12.3. The highest BCUT2D eigenvalue weighted by Crippen LogP contribution is 2.70. The van der Waals surface area contributed by atoms with E-state index in [1.807, 2.05) is 6.92 Å². The topological polar surface area (TPSA) is 63.6 Å². The van der Waals surface area contributed by atoms with E-state index in [0.717, 1.165) is 44.9 Å². The Balaban J connectivity index is 1.46. The predicted octanol–water partition coefficient (Wildman–Crippen LogP) is 5.94. The van der Waals surface area contributed by atoms with Crippen molar-refractivity contribution < 1.29 is 19.4 Å². The van der Waals surface area contributed by atoms with E-state index >= 15 is 0 Å². The summed E-state index contributed by atoms with van der Waals surface area (Å²) in [5.74, 6) is 3.37. The number of unbranched alkanes of at least 4 members (excludes halogenated alkanes) is 1. The van der Waals surface area contributed by atoms with Gasteiger partial charge in [-0.1, -0.05) is 34.6 Å². The number of aliphatic hydroxyl groups excluding tert-OH is 1. The SMILES string of the molecule is CCC(=O)OCCCC[C@@]1(C)C[C@H]2[C@@H]3CC[C@H]4CC(=O)C[C@H](C)[C@]4(C)[C@H]3CC[C@]2(C)[C@H]1O. The molecule has 4 aliphatic rings. The van der Waals surface area contributed by atoms with E-state index in [1.165, 1.54) is 19.3 Å². The molecule has 0 bridgehead atoms. The Bertz CT molecular complexity index is 733. The number of ether oxygens (including phenoxy) is 1. The molecule has 4 rings (SSSR count). The second-order valence-corrected chi connectivity index (χ2v) is 12.7. The van der Waals surface area contributed by atoms with Gasteiger partial charge >= 0.3 is 5.97 Å². The number of aliphatic hydroxyl groups is 1. The number of fused-ring (bicyclic) bond motifs is 5. The molecule has 1 N–H and O–H groups in total. The number of ketones is 1. The first kappa shape index (κ1) is 24.2. The molecule has 4 heteroatoms. The zero-order chi connectivity index (χ0) is 23.3. The van der Waals surface area contributed by atoms with E-state index in [1.54, 1.807) is 0 Å². The van der Waals surface area contributed by atoms with Crippen molar-refractivity contribution in [1.82, 2.24) is 0 Å². The summed E-state index contributed by atoms with van der Waals surface area (Å²) < 4.78 is 5.25. The summed E-state index contributed by atoms with van der Waals surface area (Å²) in [7, 11) is 0. The zero-order valence-electron chi connectivity index (χ0n) is 21.1. The van der Waals surface area contributed by atoms with Crippen LogP contribution in [0.1, 0.15) is 105 Å². The van der Waals surface area contributed by atoms with E-state index in [4.69, 9.17) is 4.74 Å². The van der Waals surface area contributed by atoms with Crippen LogP contribution in [-0.2, 0) is 14.3 Å². The Morgan fingerprint density at radius 2 is 1.84 bits per heavy atom. The van der Waals surface area contributed by atoms with Gasteiger partial charge in [0.2, 0.25) is 0 Å². The average Bonchev–Trinajstić information content (AvgIpc) is 2.95. The van der Waals surface area contributed by atoms with Crippen LogP contribution < -0.4 is 0 Å². The molecule has 0 amide bonds. The van der Waals surface area contributed by atoms with Gasteiger partial charge in [-0.05, 0) is 97.2 Å². The Morgan fingerprint density at radius 3 is 2.56 bits per heavy atom. The van der Waals surface area contributed by atoms with Gasteiger partial charge in [-0.3, -0.25) is 9.59 Å². The maximum Gasteiger partial charge on any atom is 0.305 e. The van der Waals surface area contributed by atoms with Gasteiger partial charge in [-0.2, -0.15) is 0 Å². The molecule has 0 aromatic carbocycles. The highest BCUT2D eigenvalue weighted by atomic mass is 16.5. The molecular weight excluding hydrogens is 400 g/mol. The molecule has 0 unspecified atom stereocenters. The van der Waals surface area contributed by atoms with Crippen molar-refractivity contribution in [2.24, 2.45) is 45.8 Å². The lowest BCUT2D eigenvalue weighted by Crippen LogP contribution is -2.56. The summed E-state index contributed by atoms with van der Waals surface area (Å²) >= 11 is 0.